The maximum atomic E-state index is 12.7. The van der Waals surface area contributed by atoms with E-state index in [-0.39, 0.29) is 6.04 Å². The molecule has 0 fully saturated rings. The Morgan fingerprint density at radius 3 is 2.33 bits per heavy atom. The Labute approximate surface area is 87.3 Å². The highest BCUT2D eigenvalue weighted by molar-refractivity contribution is 5.32. The third-order valence-electron chi connectivity index (χ3n) is 2.40. The number of rotatable bonds is 3. The van der Waals surface area contributed by atoms with Gasteiger partial charge in [0.25, 0.3) is 0 Å². The van der Waals surface area contributed by atoms with Crippen molar-refractivity contribution in [3.05, 3.63) is 35.4 Å². The third kappa shape index (κ3) is 2.72. The van der Waals surface area contributed by atoms with E-state index in [1.165, 1.54) is 12.1 Å². The summed E-state index contributed by atoms with van der Waals surface area (Å²) in [4.78, 5) is 0. The Morgan fingerprint density at radius 2 is 1.87 bits per heavy atom. The maximum Gasteiger partial charge on any atom is 0.416 e. The van der Waals surface area contributed by atoms with Crippen LogP contribution in [0, 0.1) is 0 Å². The predicted molar refractivity (Wildman–Crippen MR) is 53.5 cm³/mol. The smallest absolute Gasteiger partial charge is 0.313 e. The molecule has 1 rings (SSSR count). The highest BCUT2D eigenvalue weighted by Crippen LogP contribution is 2.34. The fraction of sp³-hybridized carbons (Fsp3) is 0.455. The summed E-state index contributed by atoms with van der Waals surface area (Å²) < 4.78 is 38.0. The van der Waals surface area contributed by atoms with Crippen molar-refractivity contribution in [3.63, 3.8) is 0 Å². The summed E-state index contributed by atoms with van der Waals surface area (Å²) in [5, 5.41) is 2.88. The first-order chi connectivity index (χ1) is 7.00. The van der Waals surface area contributed by atoms with Gasteiger partial charge in [0.1, 0.15) is 0 Å². The summed E-state index contributed by atoms with van der Waals surface area (Å²) in [5.41, 5.74) is -0.235. The molecular weight excluding hydrogens is 203 g/mol. The number of nitrogens with one attached hydrogen (secondary N) is 1. The van der Waals surface area contributed by atoms with Gasteiger partial charge in [0.05, 0.1) is 5.56 Å². The van der Waals surface area contributed by atoms with E-state index in [4.69, 9.17) is 0 Å². The molecule has 0 amide bonds. The van der Waals surface area contributed by atoms with E-state index >= 15 is 0 Å². The highest BCUT2D eigenvalue weighted by atomic mass is 19.4. The summed E-state index contributed by atoms with van der Waals surface area (Å²) in [6, 6.07) is 5.44. The van der Waals surface area contributed by atoms with Gasteiger partial charge >= 0.3 is 6.18 Å². The number of hydrogen-bond acceptors (Lipinski definition) is 1. The lowest BCUT2D eigenvalue weighted by atomic mass is 9.98. The van der Waals surface area contributed by atoms with Gasteiger partial charge in [0.2, 0.25) is 0 Å². The van der Waals surface area contributed by atoms with Crippen molar-refractivity contribution < 1.29 is 13.2 Å². The standard InChI is InChI=1S/C11H14F3N/c1-3-10(15-2)8-6-4-5-7-9(8)11(12,13)14/h4-7,10,15H,3H2,1-2H3/t10-/m1/s1. The average Bonchev–Trinajstić information content (AvgIpc) is 2.19. The Kier molecular flexibility index (Phi) is 3.74. The first-order valence-corrected chi connectivity index (χ1v) is 4.84. The molecule has 1 atom stereocenters. The van der Waals surface area contributed by atoms with Crippen LogP contribution in [-0.2, 0) is 6.18 Å². The van der Waals surface area contributed by atoms with Crippen molar-refractivity contribution >= 4 is 0 Å². The molecule has 0 spiro atoms. The van der Waals surface area contributed by atoms with Gasteiger partial charge in [0.15, 0.2) is 0 Å². The highest BCUT2D eigenvalue weighted by Gasteiger charge is 2.34. The van der Waals surface area contributed by atoms with Crippen molar-refractivity contribution in [3.8, 4) is 0 Å². The number of hydrogen-bond donors (Lipinski definition) is 1. The normalized spacial score (nSPS) is 13.9. The van der Waals surface area contributed by atoms with Crippen LogP contribution in [0.2, 0.25) is 0 Å². The van der Waals surface area contributed by atoms with Gasteiger partial charge < -0.3 is 5.32 Å². The molecule has 0 aliphatic carbocycles. The van der Waals surface area contributed by atoms with Crippen molar-refractivity contribution in [2.24, 2.45) is 0 Å². The molecule has 4 heteroatoms. The second-order valence-electron chi connectivity index (χ2n) is 3.33. The summed E-state index contributed by atoms with van der Waals surface area (Å²) in [7, 11) is 1.67. The van der Waals surface area contributed by atoms with Gasteiger partial charge in [-0.3, -0.25) is 0 Å². The van der Waals surface area contributed by atoms with Gasteiger partial charge in [-0.05, 0) is 25.1 Å². The minimum atomic E-state index is -4.28. The van der Waals surface area contributed by atoms with Crippen molar-refractivity contribution in [1.29, 1.82) is 0 Å². The van der Waals surface area contributed by atoms with Crippen molar-refractivity contribution in [2.75, 3.05) is 7.05 Å². The molecule has 1 nitrogen and oxygen atoms in total. The van der Waals surface area contributed by atoms with Crippen LogP contribution in [0.15, 0.2) is 24.3 Å². The number of alkyl halides is 3. The van der Waals surface area contributed by atoms with E-state index in [0.717, 1.165) is 6.07 Å². The molecule has 0 bridgehead atoms. The molecule has 0 unspecified atom stereocenters. The lowest BCUT2D eigenvalue weighted by molar-refractivity contribution is -0.138. The third-order valence-corrected chi connectivity index (χ3v) is 2.40. The molecule has 0 aliphatic heterocycles. The molecule has 0 saturated heterocycles. The predicted octanol–water partition coefficient (Wildman–Crippen LogP) is 3.38. The van der Waals surface area contributed by atoms with Gasteiger partial charge in [0, 0.05) is 6.04 Å². The van der Waals surface area contributed by atoms with Crippen molar-refractivity contribution in [1.82, 2.24) is 5.32 Å². The largest absolute Gasteiger partial charge is 0.416 e. The topological polar surface area (TPSA) is 12.0 Å². The Hall–Kier alpha value is -1.03. The van der Waals surface area contributed by atoms with Crippen LogP contribution in [0.4, 0.5) is 13.2 Å². The Balaban J connectivity index is 3.17. The molecular formula is C11H14F3N. The van der Waals surface area contributed by atoms with Gasteiger partial charge in [-0.25, -0.2) is 0 Å². The van der Waals surface area contributed by atoms with Crippen LogP contribution in [0.5, 0.6) is 0 Å². The maximum absolute atomic E-state index is 12.7. The fourth-order valence-corrected chi connectivity index (χ4v) is 1.64. The Bertz CT molecular complexity index is 316. The molecule has 0 aromatic heterocycles. The molecule has 0 heterocycles. The van der Waals surface area contributed by atoms with Crippen LogP contribution in [-0.4, -0.2) is 7.05 Å². The zero-order valence-corrected chi connectivity index (χ0v) is 8.73. The molecule has 0 aliphatic rings. The van der Waals surface area contributed by atoms with E-state index < -0.39 is 11.7 Å². The minimum absolute atomic E-state index is 0.247. The summed E-state index contributed by atoms with van der Waals surface area (Å²) in [5.74, 6) is 0. The molecule has 1 aromatic carbocycles. The summed E-state index contributed by atoms with van der Waals surface area (Å²) >= 11 is 0. The molecule has 0 radical (unpaired) electrons. The monoisotopic (exact) mass is 217 g/mol. The van der Waals surface area contributed by atoms with Crippen LogP contribution >= 0.6 is 0 Å². The quantitative estimate of drug-likeness (QED) is 0.818. The minimum Gasteiger partial charge on any atom is -0.313 e. The van der Waals surface area contributed by atoms with E-state index in [2.05, 4.69) is 5.32 Å². The summed E-state index contributed by atoms with van der Waals surface area (Å²) in [6.07, 6.45) is -3.65. The van der Waals surface area contributed by atoms with Crippen molar-refractivity contribution in [2.45, 2.75) is 25.6 Å². The zero-order valence-electron chi connectivity index (χ0n) is 8.73. The number of benzene rings is 1. The summed E-state index contributed by atoms with van der Waals surface area (Å²) in [6.45, 7) is 1.86. The molecule has 1 aromatic rings. The average molecular weight is 217 g/mol. The molecule has 15 heavy (non-hydrogen) atoms. The second-order valence-corrected chi connectivity index (χ2v) is 3.33. The molecule has 0 saturated carbocycles. The van der Waals surface area contributed by atoms with E-state index in [1.54, 1.807) is 13.1 Å². The van der Waals surface area contributed by atoms with E-state index in [0.29, 0.717) is 12.0 Å². The molecule has 1 N–H and O–H groups in total. The lowest BCUT2D eigenvalue weighted by Gasteiger charge is -2.19. The van der Waals surface area contributed by atoms with Gasteiger partial charge in [-0.1, -0.05) is 25.1 Å². The van der Waals surface area contributed by atoms with Crippen LogP contribution in [0.25, 0.3) is 0 Å². The van der Waals surface area contributed by atoms with Crippen LogP contribution in [0.1, 0.15) is 30.5 Å². The first kappa shape index (κ1) is 12.0. The van der Waals surface area contributed by atoms with E-state index in [9.17, 15) is 13.2 Å². The lowest BCUT2D eigenvalue weighted by Crippen LogP contribution is -2.20. The fourth-order valence-electron chi connectivity index (χ4n) is 1.64. The zero-order chi connectivity index (χ0) is 11.5. The van der Waals surface area contributed by atoms with Crippen LogP contribution in [0.3, 0.4) is 0 Å². The second kappa shape index (κ2) is 4.66. The Morgan fingerprint density at radius 1 is 1.27 bits per heavy atom. The first-order valence-electron chi connectivity index (χ1n) is 4.84. The van der Waals surface area contributed by atoms with E-state index in [1.807, 2.05) is 6.92 Å². The molecule has 84 valence electrons. The van der Waals surface area contributed by atoms with Gasteiger partial charge in [-0.2, -0.15) is 13.2 Å². The number of halogens is 3. The van der Waals surface area contributed by atoms with Gasteiger partial charge in [-0.15, -0.1) is 0 Å². The van der Waals surface area contributed by atoms with Crippen LogP contribution < -0.4 is 5.32 Å². The SMILES string of the molecule is CC[C@@H](NC)c1ccccc1C(F)(F)F.